The van der Waals surface area contributed by atoms with Gasteiger partial charge < -0.3 is 9.30 Å². The zero-order valence-electron chi connectivity index (χ0n) is 11.9. The smallest absolute Gasteiger partial charge is 0.198 e. The summed E-state index contributed by atoms with van der Waals surface area (Å²) >= 11 is 3.03. The maximum Gasteiger partial charge on any atom is 0.198 e. The van der Waals surface area contributed by atoms with Crippen molar-refractivity contribution >= 4 is 23.3 Å². The van der Waals surface area contributed by atoms with Gasteiger partial charge in [-0.1, -0.05) is 0 Å². The second-order valence-corrected chi connectivity index (χ2v) is 7.50. The summed E-state index contributed by atoms with van der Waals surface area (Å²) < 4.78 is 12.7. The number of hydrogen-bond acceptors (Lipinski definition) is 7. The lowest BCUT2D eigenvalue weighted by Gasteiger charge is -2.06. The first kappa shape index (κ1) is 13.7. The van der Waals surface area contributed by atoms with E-state index in [0.29, 0.717) is 18.6 Å². The molecule has 6 nitrogen and oxygen atoms in total. The molecular weight excluding hydrogens is 306 g/mol. The standard InChI is InChI=1S/C13H17N5OS2/c1-19-7-6-10-14-13(21-17-10)20-12-16-15-11(8-2-3-8)18(12)9-4-5-9/h8-9H,2-7H2,1H3. The lowest BCUT2D eigenvalue weighted by atomic mass is 10.4. The van der Waals surface area contributed by atoms with Crippen molar-refractivity contribution in [2.75, 3.05) is 13.7 Å². The largest absolute Gasteiger partial charge is 0.384 e. The van der Waals surface area contributed by atoms with E-state index >= 15 is 0 Å². The summed E-state index contributed by atoms with van der Waals surface area (Å²) in [6, 6.07) is 0.610. The highest BCUT2D eigenvalue weighted by Gasteiger charge is 2.36. The van der Waals surface area contributed by atoms with Crippen molar-refractivity contribution in [2.24, 2.45) is 0 Å². The molecule has 0 saturated heterocycles. The first-order chi connectivity index (χ1) is 10.3. The van der Waals surface area contributed by atoms with E-state index < -0.39 is 0 Å². The van der Waals surface area contributed by atoms with Crippen LogP contribution in [0.4, 0.5) is 0 Å². The Morgan fingerprint density at radius 2 is 2.14 bits per heavy atom. The number of hydrogen-bond donors (Lipinski definition) is 0. The van der Waals surface area contributed by atoms with Crippen molar-refractivity contribution < 1.29 is 4.74 Å². The average Bonchev–Trinajstić information content (AvgIpc) is 3.42. The van der Waals surface area contributed by atoms with E-state index in [2.05, 4.69) is 24.1 Å². The molecule has 112 valence electrons. The monoisotopic (exact) mass is 323 g/mol. The molecule has 2 aliphatic carbocycles. The highest BCUT2D eigenvalue weighted by atomic mass is 32.2. The Morgan fingerprint density at radius 3 is 2.86 bits per heavy atom. The Balaban J connectivity index is 1.52. The molecule has 2 aromatic heterocycles. The third-order valence-electron chi connectivity index (χ3n) is 3.70. The summed E-state index contributed by atoms with van der Waals surface area (Å²) in [5, 5.41) is 9.80. The molecule has 0 aromatic carbocycles. The van der Waals surface area contributed by atoms with E-state index in [1.165, 1.54) is 43.0 Å². The Morgan fingerprint density at radius 1 is 1.29 bits per heavy atom. The second kappa shape index (κ2) is 5.66. The molecule has 21 heavy (non-hydrogen) atoms. The van der Waals surface area contributed by atoms with Crippen molar-refractivity contribution in [3.05, 3.63) is 11.6 Å². The molecule has 2 saturated carbocycles. The van der Waals surface area contributed by atoms with Gasteiger partial charge in [0.15, 0.2) is 9.50 Å². The van der Waals surface area contributed by atoms with Crippen LogP contribution in [0.25, 0.3) is 0 Å². The number of ether oxygens (including phenoxy) is 1. The van der Waals surface area contributed by atoms with Gasteiger partial charge in [-0.2, -0.15) is 4.37 Å². The van der Waals surface area contributed by atoms with Gasteiger partial charge in [0.05, 0.1) is 6.61 Å². The number of rotatable bonds is 7. The third kappa shape index (κ3) is 2.97. The quantitative estimate of drug-likeness (QED) is 0.780. The van der Waals surface area contributed by atoms with Crippen molar-refractivity contribution in [1.82, 2.24) is 24.1 Å². The van der Waals surface area contributed by atoms with Gasteiger partial charge in [-0.05, 0) is 49.0 Å². The maximum absolute atomic E-state index is 5.06. The molecule has 0 unspecified atom stereocenters. The highest BCUT2D eigenvalue weighted by Crippen LogP contribution is 2.46. The predicted molar refractivity (Wildman–Crippen MR) is 79.9 cm³/mol. The van der Waals surface area contributed by atoms with E-state index in [1.807, 2.05) is 0 Å². The van der Waals surface area contributed by atoms with Crippen LogP contribution in [0.3, 0.4) is 0 Å². The van der Waals surface area contributed by atoms with Crippen LogP contribution in [0.2, 0.25) is 0 Å². The topological polar surface area (TPSA) is 65.7 Å². The summed E-state index contributed by atoms with van der Waals surface area (Å²) in [6.45, 7) is 0.658. The first-order valence-corrected chi connectivity index (χ1v) is 8.88. The van der Waals surface area contributed by atoms with E-state index in [9.17, 15) is 0 Å². The second-order valence-electron chi connectivity index (χ2n) is 5.54. The molecule has 0 radical (unpaired) electrons. The van der Waals surface area contributed by atoms with Gasteiger partial charge in [0.2, 0.25) is 0 Å². The van der Waals surface area contributed by atoms with Crippen molar-refractivity contribution in [1.29, 1.82) is 0 Å². The van der Waals surface area contributed by atoms with Crippen LogP contribution in [-0.2, 0) is 11.2 Å². The first-order valence-electron chi connectivity index (χ1n) is 7.29. The zero-order valence-corrected chi connectivity index (χ0v) is 13.5. The summed E-state index contributed by atoms with van der Waals surface area (Å²) in [5.74, 6) is 2.67. The van der Waals surface area contributed by atoms with Crippen molar-refractivity contribution in [3.8, 4) is 0 Å². The summed E-state index contributed by atoms with van der Waals surface area (Å²) in [6.07, 6.45) is 5.78. The van der Waals surface area contributed by atoms with Crippen LogP contribution >= 0.6 is 23.3 Å². The lowest BCUT2D eigenvalue weighted by molar-refractivity contribution is 0.200. The van der Waals surface area contributed by atoms with Gasteiger partial charge in [-0.3, -0.25) is 0 Å². The van der Waals surface area contributed by atoms with Gasteiger partial charge in [0.25, 0.3) is 0 Å². The van der Waals surface area contributed by atoms with E-state index in [-0.39, 0.29) is 0 Å². The molecule has 8 heteroatoms. The molecule has 2 aromatic rings. The Kier molecular flexibility index (Phi) is 3.68. The highest BCUT2D eigenvalue weighted by molar-refractivity contribution is 8.00. The summed E-state index contributed by atoms with van der Waals surface area (Å²) in [4.78, 5) is 4.54. The van der Waals surface area contributed by atoms with Gasteiger partial charge in [-0.25, -0.2) is 4.98 Å². The molecule has 4 rings (SSSR count). The lowest BCUT2D eigenvalue weighted by Crippen LogP contribution is -2.01. The fourth-order valence-corrected chi connectivity index (χ4v) is 3.98. The molecule has 0 amide bonds. The molecule has 2 fully saturated rings. The molecular formula is C13H17N5OS2. The zero-order chi connectivity index (χ0) is 14.2. The fraction of sp³-hybridized carbons (Fsp3) is 0.692. The van der Waals surface area contributed by atoms with Gasteiger partial charge in [0, 0.05) is 25.5 Å². The van der Waals surface area contributed by atoms with Crippen LogP contribution in [0.15, 0.2) is 9.50 Å². The molecule has 0 atom stereocenters. The SMILES string of the molecule is COCCc1nsc(Sc2nnc(C3CC3)n2C2CC2)n1. The average molecular weight is 323 g/mol. The van der Waals surface area contributed by atoms with Gasteiger partial charge in [-0.15, -0.1) is 10.2 Å². The third-order valence-corrected chi connectivity index (χ3v) is 5.45. The van der Waals surface area contributed by atoms with Crippen molar-refractivity contribution in [2.45, 2.75) is 53.6 Å². The summed E-state index contributed by atoms with van der Waals surface area (Å²) in [5.41, 5.74) is 0. The Bertz CT molecular complexity index is 632. The maximum atomic E-state index is 5.06. The minimum Gasteiger partial charge on any atom is -0.384 e. The molecule has 2 aliphatic rings. The molecule has 0 spiro atoms. The normalized spacial score (nSPS) is 18.3. The van der Waals surface area contributed by atoms with Crippen LogP contribution in [0.5, 0.6) is 0 Å². The van der Waals surface area contributed by atoms with E-state index in [4.69, 9.17) is 4.74 Å². The molecule has 2 heterocycles. The van der Waals surface area contributed by atoms with Crippen LogP contribution in [-0.4, -0.2) is 37.8 Å². The van der Waals surface area contributed by atoms with Crippen molar-refractivity contribution in [3.63, 3.8) is 0 Å². The Hall–Kier alpha value is -0.990. The Labute approximate surface area is 131 Å². The molecule has 0 N–H and O–H groups in total. The van der Waals surface area contributed by atoms with Crippen LogP contribution in [0, 0.1) is 0 Å². The number of methoxy groups -OCH3 is 1. The van der Waals surface area contributed by atoms with E-state index in [0.717, 1.165) is 21.7 Å². The minimum atomic E-state index is 0.610. The predicted octanol–water partition coefficient (Wildman–Crippen LogP) is 2.68. The van der Waals surface area contributed by atoms with Gasteiger partial charge >= 0.3 is 0 Å². The number of nitrogens with zero attached hydrogens (tertiary/aromatic N) is 5. The van der Waals surface area contributed by atoms with E-state index in [1.54, 1.807) is 18.9 Å². The van der Waals surface area contributed by atoms with Crippen LogP contribution < -0.4 is 0 Å². The molecule has 0 aliphatic heterocycles. The van der Waals surface area contributed by atoms with Gasteiger partial charge in [0.1, 0.15) is 11.6 Å². The number of aromatic nitrogens is 5. The van der Waals surface area contributed by atoms with Crippen LogP contribution in [0.1, 0.15) is 49.3 Å². The molecule has 0 bridgehead atoms. The fourth-order valence-electron chi connectivity index (χ4n) is 2.31. The summed E-state index contributed by atoms with van der Waals surface area (Å²) in [7, 11) is 1.69. The minimum absolute atomic E-state index is 0.610.